The lowest BCUT2D eigenvalue weighted by Crippen LogP contribution is -2.55. The molecule has 0 aliphatic carbocycles. The summed E-state index contributed by atoms with van der Waals surface area (Å²) in [6.07, 6.45) is 0.579. The van der Waals surface area contributed by atoms with Crippen molar-refractivity contribution in [2.75, 3.05) is 16.8 Å². The van der Waals surface area contributed by atoms with Crippen molar-refractivity contribution in [3.8, 4) is 0 Å². The Balaban J connectivity index is 1.29. The first-order valence-corrected chi connectivity index (χ1v) is 11.4. The number of anilines is 2. The van der Waals surface area contributed by atoms with Gasteiger partial charge in [0.25, 0.3) is 5.91 Å². The lowest BCUT2D eigenvalue weighted by Gasteiger charge is -2.34. The number of halogens is 2. The minimum atomic E-state index is -0.691. The first-order chi connectivity index (χ1) is 15.9. The van der Waals surface area contributed by atoms with Gasteiger partial charge < -0.3 is 15.1 Å². The number of amides is 5. The average molecular weight is 481 g/mol. The van der Waals surface area contributed by atoms with Crippen LogP contribution >= 0.6 is 23.2 Å². The third-order valence-electron chi connectivity index (χ3n) is 6.65. The Bertz CT molecular complexity index is 1320. The highest BCUT2D eigenvalue weighted by molar-refractivity contribution is 6.35. The molecule has 3 aromatic rings. The molecule has 3 heterocycles. The van der Waals surface area contributed by atoms with Crippen LogP contribution in [0.5, 0.6) is 0 Å². The number of rotatable bonds is 2. The van der Waals surface area contributed by atoms with Crippen LogP contribution in [0, 0.1) is 0 Å². The fourth-order valence-corrected chi connectivity index (χ4v) is 5.86. The minimum absolute atomic E-state index is 0.204. The summed E-state index contributed by atoms with van der Waals surface area (Å²) in [5, 5.41) is 5.42. The predicted molar refractivity (Wildman–Crippen MR) is 127 cm³/mol. The van der Waals surface area contributed by atoms with Gasteiger partial charge in [-0.2, -0.15) is 0 Å². The molecule has 0 saturated carbocycles. The third-order valence-corrected chi connectivity index (χ3v) is 7.08. The molecule has 6 rings (SSSR count). The normalized spacial score (nSPS) is 23.6. The lowest BCUT2D eigenvalue weighted by molar-refractivity contribution is -0.120. The summed E-state index contributed by atoms with van der Waals surface area (Å²) < 4.78 is 0. The number of hydrogen-bond acceptors (Lipinski definition) is 3. The summed E-state index contributed by atoms with van der Waals surface area (Å²) in [6.45, 7) is 0.365. The molecule has 0 spiro atoms. The van der Waals surface area contributed by atoms with E-state index in [1.54, 1.807) is 34.1 Å². The summed E-state index contributed by atoms with van der Waals surface area (Å²) in [5.41, 5.74) is 1.05. The van der Waals surface area contributed by atoms with Crippen LogP contribution in [0.4, 0.5) is 21.0 Å². The molecule has 0 aromatic heterocycles. The fourth-order valence-electron chi connectivity index (χ4n) is 5.34. The van der Waals surface area contributed by atoms with Crippen LogP contribution in [0.25, 0.3) is 10.8 Å². The van der Waals surface area contributed by atoms with Crippen molar-refractivity contribution < 1.29 is 14.4 Å². The Morgan fingerprint density at radius 3 is 2.48 bits per heavy atom. The molecule has 3 aromatic carbocycles. The van der Waals surface area contributed by atoms with E-state index in [0.29, 0.717) is 34.4 Å². The molecule has 3 aliphatic heterocycles. The Labute approximate surface area is 199 Å². The topological polar surface area (TPSA) is 73.0 Å². The van der Waals surface area contributed by atoms with Gasteiger partial charge >= 0.3 is 12.1 Å². The number of urea groups is 2. The highest BCUT2D eigenvalue weighted by Gasteiger charge is 2.63. The van der Waals surface area contributed by atoms with E-state index in [2.05, 4.69) is 5.32 Å². The average Bonchev–Trinajstić information content (AvgIpc) is 3.44. The molecule has 5 amide bonds. The van der Waals surface area contributed by atoms with Gasteiger partial charge in [0.05, 0.1) is 17.8 Å². The molecular weight excluding hydrogens is 463 g/mol. The molecule has 3 aliphatic rings. The second kappa shape index (κ2) is 7.37. The van der Waals surface area contributed by atoms with Crippen LogP contribution in [-0.2, 0) is 4.79 Å². The number of nitrogens with one attached hydrogen (secondary N) is 1. The molecule has 1 N–H and O–H groups in total. The van der Waals surface area contributed by atoms with Crippen molar-refractivity contribution in [1.82, 2.24) is 9.80 Å². The van der Waals surface area contributed by atoms with Gasteiger partial charge in [-0.3, -0.25) is 4.79 Å². The van der Waals surface area contributed by atoms with Gasteiger partial charge in [-0.25, -0.2) is 14.5 Å². The van der Waals surface area contributed by atoms with Gasteiger partial charge in [0.15, 0.2) is 0 Å². The predicted octanol–water partition coefficient (Wildman–Crippen LogP) is 4.97. The molecule has 2 bridgehead atoms. The number of likely N-dealkylation sites (tertiary alicyclic amines) is 1. The van der Waals surface area contributed by atoms with Crippen LogP contribution in [-0.4, -0.2) is 52.4 Å². The van der Waals surface area contributed by atoms with Crippen molar-refractivity contribution in [3.05, 3.63) is 70.7 Å². The van der Waals surface area contributed by atoms with Crippen LogP contribution < -0.4 is 10.2 Å². The van der Waals surface area contributed by atoms with E-state index in [9.17, 15) is 14.4 Å². The Kier molecular flexibility index (Phi) is 4.54. The number of imide groups is 1. The number of benzene rings is 3. The first kappa shape index (κ1) is 20.3. The zero-order valence-electron chi connectivity index (χ0n) is 17.2. The van der Waals surface area contributed by atoms with Gasteiger partial charge in [0, 0.05) is 27.7 Å². The van der Waals surface area contributed by atoms with E-state index in [-0.39, 0.29) is 30.1 Å². The van der Waals surface area contributed by atoms with Crippen molar-refractivity contribution in [1.29, 1.82) is 0 Å². The third kappa shape index (κ3) is 3.07. The number of carbonyl (C=O) groups excluding carboxylic acids is 3. The second-order valence-electron chi connectivity index (χ2n) is 8.50. The maximum absolute atomic E-state index is 13.5. The van der Waals surface area contributed by atoms with Gasteiger partial charge in [0.2, 0.25) is 0 Å². The zero-order valence-corrected chi connectivity index (χ0v) is 18.8. The summed E-state index contributed by atoms with van der Waals surface area (Å²) >= 11 is 12.1. The Hall–Kier alpha value is -3.29. The summed E-state index contributed by atoms with van der Waals surface area (Å²) in [5.74, 6) is -0.299. The molecule has 9 heteroatoms. The van der Waals surface area contributed by atoms with E-state index in [4.69, 9.17) is 23.2 Å². The quantitative estimate of drug-likeness (QED) is 0.526. The molecule has 3 fully saturated rings. The molecule has 166 valence electrons. The van der Waals surface area contributed by atoms with E-state index >= 15 is 0 Å². The molecule has 7 nitrogen and oxygen atoms in total. The van der Waals surface area contributed by atoms with E-state index in [0.717, 1.165) is 10.8 Å². The molecule has 33 heavy (non-hydrogen) atoms. The highest BCUT2D eigenvalue weighted by Crippen LogP contribution is 2.43. The van der Waals surface area contributed by atoms with Gasteiger partial charge in [-0.05, 0) is 36.1 Å². The zero-order chi connectivity index (χ0) is 22.9. The summed E-state index contributed by atoms with van der Waals surface area (Å²) in [7, 11) is 0. The number of piperazine rings is 1. The number of fused-ring (bicyclic) bond motifs is 6. The molecule has 3 atom stereocenters. The van der Waals surface area contributed by atoms with Gasteiger partial charge in [-0.15, -0.1) is 0 Å². The molecule has 0 radical (unpaired) electrons. The highest BCUT2D eigenvalue weighted by atomic mass is 35.5. The molecule has 0 unspecified atom stereocenters. The SMILES string of the molecule is O=C1[C@@H]2[C@@H]3C[C@@H](CN3C(=O)Nc3cc(Cl)cc(Cl)c3)N2C(=O)N1c1cccc2ccccc12. The van der Waals surface area contributed by atoms with E-state index in [1.165, 1.54) is 4.90 Å². The number of nitrogens with zero attached hydrogens (tertiary/aromatic N) is 3. The maximum Gasteiger partial charge on any atom is 0.332 e. The van der Waals surface area contributed by atoms with Gasteiger partial charge in [-0.1, -0.05) is 59.6 Å². The van der Waals surface area contributed by atoms with Crippen molar-refractivity contribution in [2.45, 2.75) is 24.5 Å². The maximum atomic E-state index is 13.5. The fraction of sp³-hybridized carbons (Fsp3) is 0.208. The Morgan fingerprint density at radius 1 is 0.970 bits per heavy atom. The molecular formula is C24H18Cl2N4O3. The monoisotopic (exact) mass is 480 g/mol. The lowest BCUT2D eigenvalue weighted by atomic mass is 10.1. The second-order valence-corrected chi connectivity index (χ2v) is 9.38. The van der Waals surface area contributed by atoms with E-state index < -0.39 is 6.04 Å². The van der Waals surface area contributed by atoms with Crippen LogP contribution in [0.15, 0.2) is 60.7 Å². The van der Waals surface area contributed by atoms with Crippen LogP contribution in [0.2, 0.25) is 10.0 Å². The summed E-state index contributed by atoms with van der Waals surface area (Å²) in [4.78, 5) is 44.5. The summed E-state index contributed by atoms with van der Waals surface area (Å²) in [6, 6.07) is 16.1. The first-order valence-electron chi connectivity index (χ1n) is 10.6. The smallest absolute Gasteiger partial charge is 0.317 e. The van der Waals surface area contributed by atoms with Crippen molar-refractivity contribution in [2.24, 2.45) is 0 Å². The largest absolute Gasteiger partial charge is 0.332 e. The number of hydrogen-bond donors (Lipinski definition) is 1. The van der Waals surface area contributed by atoms with Crippen molar-refractivity contribution >= 4 is 63.3 Å². The van der Waals surface area contributed by atoms with E-state index in [1.807, 2.05) is 36.4 Å². The van der Waals surface area contributed by atoms with Crippen molar-refractivity contribution in [3.63, 3.8) is 0 Å². The minimum Gasteiger partial charge on any atom is -0.317 e. The molecule has 3 saturated heterocycles. The standard InChI is InChI=1S/C24H18Cl2N4O3/c25-14-8-15(26)10-16(9-14)27-23(32)28-12-17-11-20(28)21-22(31)30(24(33)29(17)21)19-7-3-5-13-4-1-2-6-18(13)19/h1-10,17,20-21H,11-12H2,(H,27,32)/t17-,20-,21-/m0/s1. The van der Waals surface area contributed by atoms with Crippen LogP contribution in [0.3, 0.4) is 0 Å². The Morgan fingerprint density at radius 2 is 1.70 bits per heavy atom. The van der Waals surface area contributed by atoms with Gasteiger partial charge in [0.1, 0.15) is 6.04 Å². The van der Waals surface area contributed by atoms with Crippen LogP contribution in [0.1, 0.15) is 6.42 Å². The number of carbonyl (C=O) groups is 3.